The molecule has 0 unspecified atom stereocenters. The molecular formula is C8H17N3O5S. The fraction of sp³-hybridized carbons (Fsp3) is 0.875. The number of aliphatic hydroxyl groups excluding tert-OH is 4. The third-order valence-electron chi connectivity index (χ3n) is 2.45. The van der Waals surface area contributed by atoms with Gasteiger partial charge >= 0.3 is 0 Å². The van der Waals surface area contributed by atoms with E-state index in [2.05, 4.69) is 16.2 Å². The van der Waals surface area contributed by atoms with Crippen molar-refractivity contribution in [2.75, 3.05) is 13.7 Å². The summed E-state index contributed by atoms with van der Waals surface area (Å²) in [6.45, 7) is -0.473. The Balaban J connectivity index is 2.56. The first-order valence-electron chi connectivity index (χ1n) is 5.05. The molecule has 5 atom stereocenters. The summed E-state index contributed by atoms with van der Waals surface area (Å²) in [4.78, 5) is 0. The molecule has 100 valence electrons. The average Bonchev–Trinajstić information content (AvgIpc) is 2.34. The van der Waals surface area contributed by atoms with Crippen molar-refractivity contribution < 1.29 is 25.2 Å². The van der Waals surface area contributed by atoms with Gasteiger partial charge in [0.2, 0.25) is 0 Å². The largest absolute Gasteiger partial charge is 0.394 e. The summed E-state index contributed by atoms with van der Waals surface area (Å²) >= 11 is 4.79. The Labute approximate surface area is 104 Å². The lowest BCUT2D eigenvalue weighted by atomic mass is 9.99. The highest BCUT2D eigenvalue weighted by Crippen LogP contribution is 2.19. The predicted molar refractivity (Wildman–Crippen MR) is 61.7 cm³/mol. The van der Waals surface area contributed by atoms with Gasteiger partial charge in [0.05, 0.1) is 6.61 Å². The van der Waals surface area contributed by atoms with Crippen LogP contribution in [0.4, 0.5) is 0 Å². The van der Waals surface area contributed by atoms with E-state index in [1.165, 1.54) is 0 Å². The Bertz CT molecular complexity index is 268. The van der Waals surface area contributed by atoms with E-state index >= 15 is 0 Å². The molecule has 8 nitrogen and oxygen atoms in total. The van der Waals surface area contributed by atoms with Crippen molar-refractivity contribution in [2.24, 2.45) is 0 Å². The number of thiocarbonyl (C=S) groups is 1. The first kappa shape index (κ1) is 14.5. The van der Waals surface area contributed by atoms with Crippen LogP contribution < -0.4 is 16.2 Å². The first-order chi connectivity index (χ1) is 8.01. The molecule has 0 aromatic rings. The van der Waals surface area contributed by atoms with Gasteiger partial charge < -0.3 is 30.5 Å². The Morgan fingerprint density at radius 3 is 2.41 bits per heavy atom. The van der Waals surface area contributed by atoms with Gasteiger partial charge in [0.1, 0.15) is 24.4 Å². The summed E-state index contributed by atoms with van der Waals surface area (Å²) in [5.41, 5.74) is 5.05. The van der Waals surface area contributed by atoms with Crippen LogP contribution in [0.25, 0.3) is 0 Å². The molecule has 0 aromatic heterocycles. The Morgan fingerprint density at radius 2 is 1.88 bits per heavy atom. The highest BCUT2D eigenvalue weighted by molar-refractivity contribution is 7.80. The number of hydrogen-bond acceptors (Lipinski definition) is 7. The van der Waals surface area contributed by atoms with Gasteiger partial charge in [-0.15, -0.1) is 0 Å². The second kappa shape index (κ2) is 6.40. The summed E-state index contributed by atoms with van der Waals surface area (Å²) < 4.78 is 5.15. The van der Waals surface area contributed by atoms with Gasteiger partial charge in [0, 0.05) is 7.05 Å². The summed E-state index contributed by atoms with van der Waals surface area (Å²) in [5.74, 6) is 0. The summed E-state index contributed by atoms with van der Waals surface area (Å²) in [5, 5.41) is 40.5. The Kier molecular flexibility index (Phi) is 5.46. The maximum atomic E-state index is 9.62. The Hall–Kier alpha value is -0.550. The van der Waals surface area contributed by atoms with Crippen LogP contribution in [-0.2, 0) is 4.74 Å². The average molecular weight is 267 g/mol. The van der Waals surface area contributed by atoms with Crippen LogP contribution in [0.1, 0.15) is 0 Å². The van der Waals surface area contributed by atoms with E-state index in [0.29, 0.717) is 0 Å². The van der Waals surface area contributed by atoms with Crippen molar-refractivity contribution in [3.8, 4) is 0 Å². The van der Waals surface area contributed by atoms with Crippen LogP contribution in [0.5, 0.6) is 0 Å². The smallest absolute Gasteiger partial charge is 0.180 e. The lowest BCUT2D eigenvalue weighted by molar-refractivity contribution is -0.238. The topological polar surface area (TPSA) is 126 Å². The molecule has 0 aliphatic carbocycles. The number of ether oxygens (including phenoxy) is 1. The number of rotatable bonds is 3. The SMILES string of the molecule is CNC(=S)NN[C@@H]1O[C@H](CO)[C@H](O)[C@@H](O)[C@@H]1O. The van der Waals surface area contributed by atoms with Gasteiger partial charge in [-0.2, -0.15) is 0 Å². The van der Waals surface area contributed by atoms with Crippen molar-refractivity contribution in [1.82, 2.24) is 16.2 Å². The highest BCUT2D eigenvalue weighted by Gasteiger charge is 2.43. The second-order valence-corrected chi connectivity index (χ2v) is 4.01. The molecule has 0 radical (unpaired) electrons. The number of hydrazine groups is 1. The monoisotopic (exact) mass is 267 g/mol. The minimum Gasteiger partial charge on any atom is -0.394 e. The number of nitrogens with one attached hydrogen (secondary N) is 3. The van der Waals surface area contributed by atoms with Crippen LogP contribution in [-0.4, -0.2) is 69.8 Å². The Morgan fingerprint density at radius 1 is 1.24 bits per heavy atom. The van der Waals surface area contributed by atoms with E-state index in [9.17, 15) is 15.3 Å². The molecule has 0 bridgehead atoms. The van der Waals surface area contributed by atoms with E-state index in [4.69, 9.17) is 22.1 Å². The molecular weight excluding hydrogens is 250 g/mol. The zero-order chi connectivity index (χ0) is 13.0. The van der Waals surface area contributed by atoms with E-state index in [1.54, 1.807) is 7.05 Å². The fourth-order valence-corrected chi connectivity index (χ4v) is 1.48. The predicted octanol–water partition coefficient (Wildman–Crippen LogP) is -3.62. The quantitative estimate of drug-likeness (QED) is 0.205. The zero-order valence-electron chi connectivity index (χ0n) is 9.20. The third-order valence-corrected chi connectivity index (χ3v) is 2.75. The molecule has 1 fully saturated rings. The van der Waals surface area contributed by atoms with Gasteiger partial charge in [-0.3, -0.25) is 5.43 Å². The molecule has 7 N–H and O–H groups in total. The molecule has 1 rings (SSSR count). The summed E-state index contributed by atoms with van der Waals surface area (Å²) in [7, 11) is 1.60. The highest BCUT2D eigenvalue weighted by atomic mass is 32.1. The van der Waals surface area contributed by atoms with Gasteiger partial charge in [-0.1, -0.05) is 0 Å². The van der Waals surface area contributed by atoms with E-state index in [1.807, 2.05) is 0 Å². The molecule has 0 spiro atoms. The molecule has 0 saturated carbocycles. The van der Waals surface area contributed by atoms with Crippen LogP contribution >= 0.6 is 12.2 Å². The minimum absolute atomic E-state index is 0.266. The maximum absolute atomic E-state index is 9.62. The standard InChI is InChI=1S/C8H17N3O5S/c1-9-8(17)11-10-7-6(15)5(14)4(13)3(2-12)16-7/h3-7,10,12-15H,2H2,1H3,(H2,9,11,17)/t3-,4+,5-,6+,7-/m1/s1. The summed E-state index contributed by atoms with van der Waals surface area (Å²) in [6.07, 6.45) is -6.08. The fourth-order valence-electron chi connectivity index (χ4n) is 1.42. The number of aliphatic hydroxyl groups is 4. The lowest BCUT2D eigenvalue weighted by Crippen LogP contribution is -2.65. The van der Waals surface area contributed by atoms with Crippen LogP contribution in [0.3, 0.4) is 0 Å². The number of hydrogen-bond donors (Lipinski definition) is 7. The van der Waals surface area contributed by atoms with E-state index in [-0.39, 0.29) is 5.11 Å². The van der Waals surface area contributed by atoms with Crippen LogP contribution in [0.2, 0.25) is 0 Å². The van der Waals surface area contributed by atoms with Crippen LogP contribution in [0.15, 0.2) is 0 Å². The molecule has 1 aliphatic heterocycles. The minimum atomic E-state index is -1.41. The van der Waals surface area contributed by atoms with E-state index < -0.39 is 37.3 Å². The molecule has 0 amide bonds. The van der Waals surface area contributed by atoms with Gasteiger partial charge in [0.25, 0.3) is 0 Å². The van der Waals surface area contributed by atoms with Crippen molar-refractivity contribution in [2.45, 2.75) is 30.6 Å². The molecule has 9 heteroatoms. The molecule has 1 heterocycles. The first-order valence-corrected chi connectivity index (χ1v) is 5.45. The van der Waals surface area contributed by atoms with Crippen LogP contribution in [0, 0.1) is 0 Å². The molecule has 0 aromatic carbocycles. The summed E-state index contributed by atoms with van der Waals surface area (Å²) in [6, 6.07) is 0. The second-order valence-electron chi connectivity index (χ2n) is 3.60. The van der Waals surface area contributed by atoms with Crippen molar-refractivity contribution in [3.63, 3.8) is 0 Å². The molecule has 17 heavy (non-hydrogen) atoms. The van der Waals surface area contributed by atoms with Crippen molar-refractivity contribution in [1.29, 1.82) is 0 Å². The lowest BCUT2D eigenvalue weighted by Gasteiger charge is -2.40. The zero-order valence-corrected chi connectivity index (χ0v) is 10.0. The van der Waals surface area contributed by atoms with Gasteiger partial charge in [-0.05, 0) is 12.2 Å². The van der Waals surface area contributed by atoms with E-state index in [0.717, 1.165) is 0 Å². The van der Waals surface area contributed by atoms with Gasteiger partial charge in [0.15, 0.2) is 11.3 Å². The van der Waals surface area contributed by atoms with Gasteiger partial charge in [-0.25, -0.2) is 5.43 Å². The third kappa shape index (κ3) is 3.45. The molecule has 1 saturated heterocycles. The van der Waals surface area contributed by atoms with Crippen molar-refractivity contribution in [3.05, 3.63) is 0 Å². The maximum Gasteiger partial charge on any atom is 0.180 e. The van der Waals surface area contributed by atoms with Crippen molar-refractivity contribution >= 4 is 17.3 Å². The normalized spacial score (nSPS) is 37.6. The molecule has 1 aliphatic rings.